The average molecular weight is 249 g/mol. The molecule has 1 aromatic rings. The second kappa shape index (κ2) is 6.93. The predicted octanol–water partition coefficient (Wildman–Crippen LogP) is 2.91. The molecule has 1 aromatic heterocycles. The lowest BCUT2D eigenvalue weighted by molar-refractivity contribution is 0.294. The van der Waals surface area contributed by atoms with E-state index in [2.05, 4.69) is 23.7 Å². The molecule has 2 rings (SSSR count). The molecule has 1 fully saturated rings. The molecule has 1 unspecified atom stereocenters. The molecule has 1 N–H and O–H groups in total. The zero-order valence-corrected chi connectivity index (χ0v) is 11.9. The van der Waals surface area contributed by atoms with Crippen LogP contribution in [-0.2, 0) is 13.5 Å². The van der Waals surface area contributed by atoms with Crippen molar-refractivity contribution in [3.05, 3.63) is 18.0 Å². The Kier molecular flexibility index (Phi) is 5.24. The van der Waals surface area contributed by atoms with Crippen molar-refractivity contribution >= 4 is 0 Å². The van der Waals surface area contributed by atoms with Crippen molar-refractivity contribution in [3.8, 4) is 0 Å². The van der Waals surface area contributed by atoms with E-state index in [9.17, 15) is 0 Å². The maximum atomic E-state index is 4.27. The molecule has 1 aliphatic rings. The van der Waals surface area contributed by atoms with Gasteiger partial charge in [0.25, 0.3) is 0 Å². The normalized spacial score (nSPS) is 20.3. The van der Waals surface area contributed by atoms with E-state index in [1.807, 2.05) is 17.9 Å². The lowest BCUT2D eigenvalue weighted by Gasteiger charge is -2.28. The lowest BCUT2D eigenvalue weighted by Crippen LogP contribution is -2.36. The highest BCUT2D eigenvalue weighted by Crippen LogP contribution is 2.26. The van der Waals surface area contributed by atoms with Gasteiger partial charge in [0.1, 0.15) is 0 Å². The molecule has 1 saturated carbocycles. The maximum absolute atomic E-state index is 4.27. The third kappa shape index (κ3) is 3.84. The van der Waals surface area contributed by atoms with Gasteiger partial charge >= 0.3 is 0 Å². The van der Waals surface area contributed by atoms with Crippen molar-refractivity contribution in [2.75, 3.05) is 7.05 Å². The first-order chi connectivity index (χ1) is 8.79. The summed E-state index contributed by atoms with van der Waals surface area (Å²) < 4.78 is 1.90. The van der Waals surface area contributed by atoms with E-state index in [1.165, 1.54) is 50.5 Å². The molecule has 102 valence electrons. The summed E-state index contributed by atoms with van der Waals surface area (Å²) in [5.74, 6) is 0.843. The largest absolute Gasteiger partial charge is 0.316 e. The van der Waals surface area contributed by atoms with Crippen LogP contribution in [0.2, 0.25) is 0 Å². The van der Waals surface area contributed by atoms with Gasteiger partial charge in [-0.1, -0.05) is 32.1 Å². The highest BCUT2D eigenvalue weighted by molar-refractivity contribution is 5.06. The fraction of sp³-hybridized carbons (Fsp3) is 0.800. The summed E-state index contributed by atoms with van der Waals surface area (Å²) in [6.45, 7) is 0. The minimum Gasteiger partial charge on any atom is -0.316 e. The summed E-state index contributed by atoms with van der Waals surface area (Å²) in [6, 6.07) is 0.618. The van der Waals surface area contributed by atoms with Gasteiger partial charge in [0.15, 0.2) is 0 Å². The monoisotopic (exact) mass is 249 g/mol. The maximum Gasteiger partial charge on any atom is 0.0522 e. The fourth-order valence-electron chi connectivity index (χ4n) is 3.23. The van der Waals surface area contributed by atoms with Crippen LogP contribution in [0.5, 0.6) is 0 Å². The molecular weight excluding hydrogens is 222 g/mol. The van der Waals surface area contributed by atoms with E-state index in [-0.39, 0.29) is 0 Å². The van der Waals surface area contributed by atoms with Crippen molar-refractivity contribution < 1.29 is 0 Å². The molecule has 0 spiro atoms. The van der Waals surface area contributed by atoms with E-state index >= 15 is 0 Å². The zero-order chi connectivity index (χ0) is 12.8. The number of aryl methyl sites for hydroxylation is 1. The van der Waals surface area contributed by atoms with Gasteiger partial charge < -0.3 is 5.32 Å². The van der Waals surface area contributed by atoms with E-state index in [0.29, 0.717) is 6.04 Å². The van der Waals surface area contributed by atoms with Crippen LogP contribution < -0.4 is 5.32 Å². The van der Waals surface area contributed by atoms with Crippen LogP contribution in [0.3, 0.4) is 0 Å². The Balaban J connectivity index is 1.93. The van der Waals surface area contributed by atoms with Crippen molar-refractivity contribution in [2.24, 2.45) is 13.0 Å². The quantitative estimate of drug-likeness (QED) is 0.889. The van der Waals surface area contributed by atoms with E-state index in [0.717, 1.165) is 12.3 Å². The second-order valence-electron chi connectivity index (χ2n) is 5.73. The summed E-state index contributed by atoms with van der Waals surface area (Å²) in [5, 5.41) is 7.81. The van der Waals surface area contributed by atoms with Crippen molar-refractivity contribution in [1.29, 1.82) is 0 Å². The van der Waals surface area contributed by atoms with E-state index < -0.39 is 0 Å². The fourth-order valence-corrected chi connectivity index (χ4v) is 3.23. The summed E-state index contributed by atoms with van der Waals surface area (Å²) in [6.07, 6.45) is 15.2. The Hall–Kier alpha value is -0.830. The molecule has 3 nitrogen and oxygen atoms in total. The van der Waals surface area contributed by atoms with Gasteiger partial charge in [-0.15, -0.1) is 0 Å². The number of nitrogens with zero attached hydrogens (tertiary/aromatic N) is 2. The molecule has 0 aromatic carbocycles. The lowest BCUT2D eigenvalue weighted by atomic mass is 9.84. The van der Waals surface area contributed by atoms with Gasteiger partial charge in [-0.2, -0.15) is 5.10 Å². The Morgan fingerprint density at radius 3 is 2.50 bits per heavy atom. The molecule has 0 bridgehead atoms. The minimum absolute atomic E-state index is 0.618. The van der Waals surface area contributed by atoms with Crippen LogP contribution in [0.4, 0.5) is 0 Å². The molecule has 1 aliphatic carbocycles. The predicted molar refractivity (Wildman–Crippen MR) is 75.6 cm³/mol. The number of hydrogen-bond donors (Lipinski definition) is 1. The number of likely N-dealkylation sites (N-methyl/N-ethyl adjacent to an activating group) is 1. The number of nitrogens with one attached hydrogen (secondary N) is 1. The highest BCUT2D eigenvalue weighted by atomic mass is 15.2. The van der Waals surface area contributed by atoms with Crippen LogP contribution in [-0.4, -0.2) is 22.9 Å². The summed E-state index contributed by atoms with van der Waals surface area (Å²) in [7, 11) is 4.10. The van der Waals surface area contributed by atoms with Gasteiger partial charge in [-0.3, -0.25) is 4.68 Å². The zero-order valence-electron chi connectivity index (χ0n) is 11.9. The van der Waals surface area contributed by atoms with Gasteiger partial charge in [0, 0.05) is 19.3 Å². The molecular formula is C15H27N3. The van der Waals surface area contributed by atoms with Gasteiger partial charge in [-0.05, 0) is 37.8 Å². The van der Waals surface area contributed by atoms with Crippen LogP contribution >= 0.6 is 0 Å². The van der Waals surface area contributed by atoms with Gasteiger partial charge in [-0.25, -0.2) is 0 Å². The van der Waals surface area contributed by atoms with Crippen molar-refractivity contribution in [1.82, 2.24) is 15.1 Å². The highest BCUT2D eigenvalue weighted by Gasteiger charge is 2.21. The van der Waals surface area contributed by atoms with Gasteiger partial charge in [0.05, 0.1) is 6.20 Å². The summed E-state index contributed by atoms with van der Waals surface area (Å²) in [5.41, 5.74) is 1.36. The second-order valence-corrected chi connectivity index (χ2v) is 5.73. The van der Waals surface area contributed by atoms with E-state index in [4.69, 9.17) is 0 Å². The number of rotatable bonds is 4. The Morgan fingerprint density at radius 1 is 1.28 bits per heavy atom. The summed E-state index contributed by atoms with van der Waals surface area (Å²) in [4.78, 5) is 0. The Morgan fingerprint density at radius 2 is 1.94 bits per heavy atom. The summed E-state index contributed by atoms with van der Waals surface area (Å²) >= 11 is 0. The van der Waals surface area contributed by atoms with E-state index in [1.54, 1.807) is 0 Å². The molecule has 1 atom stereocenters. The molecule has 0 aliphatic heterocycles. The Bertz CT molecular complexity index is 337. The smallest absolute Gasteiger partial charge is 0.0522 e. The third-order valence-electron chi connectivity index (χ3n) is 4.30. The van der Waals surface area contributed by atoms with Crippen LogP contribution in [0.25, 0.3) is 0 Å². The van der Waals surface area contributed by atoms with Crippen molar-refractivity contribution in [3.63, 3.8) is 0 Å². The molecule has 0 amide bonds. The Labute approximate surface area is 111 Å². The third-order valence-corrected chi connectivity index (χ3v) is 4.30. The first-order valence-electron chi connectivity index (χ1n) is 7.44. The standard InChI is InChI=1S/C15H27N3/c1-16-15(10-13-11-17-18(2)12-13)14-8-6-4-3-5-7-9-14/h11-12,14-16H,3-10H2,1-2H3. The van der Waals surface area contributed by atoms with Crippen LogP contribution in [0.1, 0.15) is 50.5 Å². The SMILES string of the molecule is CNC(Cc1cnn(C)c1)C1CCCCCCC1. The number of aromatic nitrogens is 2. The first-order valence-corrected chi connectivity index (χ1v) is 7.44. The van der Waals surface area contributed by atoms with Crippen molar-refractivity contribution in [2.45, 2.75) is 57.4 Å². The van der Waals surface area contributed by atoms with Crippen LogP contribution in [0.15, 0.2) is 12.4 Å². The molecule has 18 heavy (non-hydrogen) atoms. The first kappa shape index (κ1) is 13.6. The van der Waals surface area contributed by atoms with Crippen LogP contribution in [0, 0.1) is 5.92 Å². The topological polar surface area (TPSA) is 29.9 Å². The average Bonchev–Trinajstić information content (AvgIpc) is 2.72. The number of hydrogen-bond acceptors (Lipinski definition) is 2. The molecule has 3 heteroatoms. The molecule has 0 radical (unpaired) electrons. The minimum atomic E-state index is 0.618. The van der Waals surface area contributed by atoms with Gasteiger partial charge in [0.2, 0.25) is 0 Å². The molecule has 0 saturated heterocycles. The molecule has 1 heterocycles.